The molecule has 1 N–H and O–H groups in total. The first kappa shape index (κ1) is 8.87. The van der Waals surface area contributed by atoms with E-state index in [2.05, 4.69) is 48.3 Å². The van der Waals surface area contributed by atoms with Crippen molar-refractivity contribution in [3.05, 3.63) is 48.2 Å². The summed E-state index contributed by atoms with van der Waals surface area (Å²) in [5.74, 6) is 0. The van der Waals surface area contributed by atoms with E-state index in [0.717, 1.165) is 0 Å². The van der Waals surface area contributed by atoms with E-state index in [4.69, 9.17) is 0 Å². The number of aryl methyl sites for hydroxylation is 1. The molecular weight excluding hydrogens is 274 g/mol. The number of hydrogen-bond donors (Lipinski definition) is 1. The first-order valence-electron chi connectivity index (χ1n) is 4.23. The fourth-order valence-corrected chi connectivity index (χ4v) is 3.70. The Morgan fingerprint density at radius 3 is 2.62 bits per heavy atom. The molecule has 1 aromatic carbocycles. The van der Waals surface area contributed by atoms with Crippen LogP contribution in [0.5, 0.6) is 0 Å². The van der Waals surface area contributed by atoms with Gasteiger partial charge in [-0.15, -0.1) is 0 Å². The van der Waals surface area contributed by atoms with Crippen LogP contribution in [0.15, 0.2) is 42.6 Å². The van der Waals surface area contributed by atoms with Gasteiger partial charge in [-0.1, -0.05) is 0 Å². The molecule has 2 rings (SSSR count). The molecule has 0 fully saturated rings. The molecule has 0 saturated heterocycles. The molecule has 0 aliphatic carbocycles. The van der Waals surface area contributed by atoms with Crippen LogP contribution in [0.4, 0.5) is 0 Å². The Bertz CT molecular complexity index is 379. The number of aromatic amines is 1. The number of benzene rings is 1. The van der Waals surface area contributed by atoms with E-state index in [1.165, 1.54) is 12.9 Å². The molecule has 1 heterocycles. The zero-order valence-electron chi connectivity index (χ0n) is 7.45. The van der Waals surface area contributed by atoms with Crippen molar-refractivity contribution in [3.8, 4) is 0 Å². The predicted molar refractivity (Wildman–Crippen MR) is 57.0 cm³/mol. The number of aromatic nitrogens is 1. The summed E-state index contributed by atoms with van der Waals surface area (Å²) in [4.78, 5) is 3.27. The van der Waals surface area contributed by atoms with Gasteiger partial charge in [0, 0.05) is 0 Å². The number of nitrogens with one attached hydrogen (secondary N) is 1. The second-order valence-electron chi connectivity index (χ2n) is 2.90. The van der Waals surface area contributed by atoms with Gasteiger partial charge in [-0.2, -0.15) is 0 Å². The summed E-state index contributed by atoms with van der Waals surface area (Å²) >= 11 is -0.195. The van der Waals surface area contributed by atoms with Crippen LogP contribution in [0.1, 0.15) is 5.56 Å². The summed E-state index contributed by atoms with van der Waals surface area (Å²) in [5.41, 5.74) is 1.42. The van der Waals surface area contributed by atoms with Crippen molar-refractivity contribution in [3.63, 3.8) is 0 Å². The number of H-pyrrole nitrogens is 1. The van der Waals surface area contributed by atoms with E-state index >= 15 is 0 Å². The zero-order valence-corrected chi connectivity index (χ0v) is 9.78. The monoisotopic (exact) mass is 287 g/mol. The van der Waals surface area contributed by atoms with Crippen molar-refractivity contribution < 1.29 is 0 Å². The summed E-state index contributed by atoms with van der Waals surface area (Å²) < 4.78 is 2.93. The molecule has 0 saturated carbocycles. The Labute approximate surface area is 88.3 Å². The molecule has 13 heavy (non-hydrogen) atoms. The molecular formula is C11H11NTe. The first-order valence-corrected chi connectivity index (χ1v) is 6.56. The summed E-state index contributed by atoms with van der Waals surface area (Å²) in [7, 11) is 0. The van der Waals surface area contributed by atoms with Crippen LogP contribution in [-0.2, 0) is 0 Å². The summed E-state index contributed by atoms with van der Waals surface area (Å²) in [5, 5.41) is 0. The average Bonchev–Trinajstić information content (AvgIpc) is 2.61. The van der Waals surface area contributed by atoms with Crippen molar-refractivity contribution in [2.75, 3.05) is 0 Å². The van der Waals surface area contributed by atoms with Crippen LogP contribution in [0, 0.1) is 6.92 Å². The minimum atomic E-state index is -0.195. The van der Waals surface area contributed by atoms with Gasteiger partial charge in [-0.05, 0) is 0 Å². The maximum absolute atomic E-state index is 3.27. The van der Waals surface area contributed by atoms with Crippen LogP contribution >= 0.6 is 0 Å². The quantitative estimate of drug-likeness (QED) is 0.792. The molecule has 0 aliphatic heterocycles. The third kappa shape index (κ3) is 2.15. The summed E-state index contributed by atoms with van der Waals surface area (Å²) in [6, 6.07) is 12.9. The minimum absolute atomic E-state index is 0.195. The van der Waals surface area contributed by atoms with Crippen molar-refractivity contribution in [2.45, 2.75) is 6.92 Å². The predicted octanol–water partition coefficient (Wildman–Crippen LogP) is 0.978. The third-order valence-electron chi connectivity index (χ3n) is 1.88. The fourth-order valence-electron chi connectivity index (χ4n) is 1.17. The second-order valence-corrected chi connectivity index (χ2v) is 6.00. The van der Waals surface area contributed by atoms with Crippen molar-refractivity contribution >= 4 is 28.3 Å². The van der Waals surface area contributed by atoms with Gasteiger partial charge >= 0.3 is 88.3 Å². The Balaban J connectivity index is 2.24. The van der Waals surface area contributed by atoms with E-state index in [-0.39, 0.29) is 20.9 Å². The molecule has 0 aliphatic rings. The molecule has 0 radical (unpaired) electrons. The number of hydrogen-bond acceptors (Lipinski definition) is 0. The molecule has 2 aromatic rings. The van der Waals surface area contributed by atoms with E-state index in [9.17, 15) is 0 Å². The van der Waals surface area contributed by atoms with Crippen LogP contribution in [0.3, 0.4) is 0 Å². The molecule has 66 valence electrons. The second kappa shape index (κ2) is 4.00. The van der Waals surface area contributed by atoms with Crippen molar-refractivity contribution in [1.29, 1.82) is 0 Å². The van der Waals surface area contributed by atoms with Crippen molar-refractivity contribution in [1.82, 2.24) is 4.98 Å². The third-order valence-corrected chi connectivity index (χ3v) is 5.17. The molecule has 2 heteroatoms. The maximum atomic E-state index is 3.27. The normalized spacial score (nSPS) is 10.2. The molecule has 0 bridgehead atoms. The molecule has 0 atom stereocenters. The molecule has 1 nitrogen and oxygen atoms in total. The van der Waals surface area contributed by atoms with Crippen LogP contribution in [0.25, 0.3) is 0 Å². The average molecular weight is 285 g/mol. The summed E-state index contributed by atoms with van der Waals surface area (Å²) in [6.45, 7) is 2.18. The molecule has 0 amide bonds. The SMILES string of the molecule is Cc1ccccc1[Te]c1ccc[nH]1. The van der Waals surface area contributed by atoms with E-state index in [1.54, 1.807) is 0 Å². The summed E-state index contributed by atoms with van der Waals surface area (Å²) in [6.07, 6.45) is 2.00. The van der Waals surface area contributed by atoms with E-state index < -0.39 is 0 Å². The Hall–Kier alpha value is -0.710. The fraction of sp³-hybridized carbons (Fsp3) is 0.0909. The topological polar surface area (TPSA) is 15.8 Å². The van der Waals surface area contributed by atoms with E-state index in [1.807, 2.05) is 6.20 Å². The molecule has 0 unspecified atom stereocenters. The molecule has 1 aromatic heterocycles. The Morgan fingerprint density at radius 2 is 1.92 bits per heavy atom. The van der Waals surface area contributed by atoms with Gasteiger partial charge in [0.2, 0.25) is 0 Å². The van der Waals surface area contributed by atoms with Gasteiger partial charge in [0.1, 0.15) is 0 Å². The first-order chi connectivity index (χ1) is 6.36. The van der Waals surface area contributed by atoms with Gasteiger partial charge in [0.05, 0.1) is 0 Å². The van der Waals surface area contributed by atoms with Gasteiger partial charge in [0.25, 0.3) is 0 Å². The van der Waals surface area contributed by atoms with Gasteiger partial charge < -0.3 is 0 Å². The van der Waals surface area contributed by atoms with Crippen LogP contribution in [0.2, 0.25) is 0 Å². The Morgan fingerprint density at radius 1 is 1.08 bits per heavy atom. The van der Waals surface area contributed by atoms with Crippen LogP contribution in [-0.4, -0.2) is 25.9 Å². The van der Waals surface area contributed by atoms with Gasteiger partial charge in [-0.25, -0.2) is 0 Å². The van der Waals surface area contributed by atoms with Crippen molar-refractivity contribution in [2.24, 2.45) is 0 Å². The van der Waals surface area contributed by atoms with Gasteiger partial charge in [0.15, 0.2) is 0 Å². The van der Waals surface area contributed by atoms with Gasteiger partial charge in [-0.3, -0.25) is 0 Å². The Kier molecular flexibility index (Phi) is 2.73. The van der Waals surface area contributed by atoms with Crippen LogP contribution < -0.4 is 7.35 Å². The zero-order chi connectivity index (χ0) is 9.10. The molecule has 0 spiro atoms. The van der Waals surface area contributed by atoms with E-state index in [0.29, 0.717) is 0 Å². The number of rotatable bonds is 2. The standard InChI is InChI=1S/C11H11NTe/c1-9-5-2-3-6-10(9)13-11-7-4-8-12-11/h2-8,12H,1H3.